The van der Waals surface area contributed by atoms with E-state index in [9.17, 15) is 14.4 Å². The first-order valence-corrected chi connectivity index (χ1v) is 8.63. The van der Waals surface area contributed by atoms with Gasteiger partial charge in [-0.3, -0.25) is 20.2 Å². The van der Waals surface area contributed by atoms with Gasteiger partial charge in [-0.15, -0.1) is 11.8 Å². The standard InChI is InChI=1S/C15H16N4O3S/c20-12(10-7-23-8-16-10)19-6-5-15(13(21)17-14(22)18-15)9-3-1-2-4-11(9)19/h1-4,10,16H,5-8H2,(H2,17,18,21,22). The number of rotatable bonds is 1. The van der Waals surface area contributed by atoms with Crippen molar-refractivity contribution in [2.24, 2.45) is 0 Å². The number of nitrogens with one attached hydrogen (secondary N) is 3. The molecule has 2 fully saturated rings. The largest absolute Gasteiger partial charge is 0.322 e. The Morgan fingerprint density at radius 2 is 2.13 bits per heavy atom. The van der Waals surface area contributed by atoms with Gasteiger partial charge in [0.25, 0.3) is 5.91 Å². The molecule has 3 N–H and O–H groups in total. The van der Waals surface area contributed by atoms with Crippen molar-refractivity contribution in [1.29, 1.82) is 0 Å². The quantitative estimate of drug-likeness (QED) is 0.636. The highest BCUT2D eigenvalue weighted by Crippen LogP contribution is 2.40. The highest BCUT2D eigenvalue weighted by Gasteiger charge is 2.52. The molecule has 0 aromatic heterocycles. The Morgan fingerprint density at radius 3 is 2.83 bits per heavy atom. The number of hydrogen-bond donors (Lipinski definition) is 3. The van der Waals surface area contributed by atoms with Crippen molar-refractivity contribution in [3.05, 3.63) is 29.8 Å². The molecule has 2 unspecified atom stereocenters. The lowest BCUT2D eigenvalue weighted by Crippen LogP contribution is -2.54. The number of nitrogens with zero attached hydrogens (tertiary/aromatic N) is 1. The molecular formula is C15H16N4O3S. The number of carbonyl (C=O) groups is 3. The van der Waals surface area contributed by atoms with E-state index in [1.165, 1.54) is 0 Å². The molecule has 1 aromatic rings. The molecule has 4 amide bonds. The SMILES string of the molecule is O=C1NC(=O)C2(CCN(C(=O)C3CSCN3)c3ccccc32)N1. The van der Waals surface area contributed by atoms with Crippen LogP contribution >= 0.6 is 11.8 Å². The lowest BCUT2D eigenvalue weighted by molar-refractivity contribution is -0.125. The summed E-state index contributed by atoms with van der Waals surface area (Å²) >= 11 is 1.70. The number of amides is 4. The Hall–Kier alpha value is -2.06. The minimum atomic E-state index is -1.07. The molecule has 23 heavy (non-hydrogen) atoms. The van der Waals surface area contributed by atoms with Gasteiger partial charge >= 0.3 is 6.03 Å². The summed E-state index contributed by atoms with van der Waals surface area (Å²) in [5, 5.41) is 8.24. The second-order valence-electron chi connectivity index (χ2n) is 5.84. The Morgan fingerprint density at radius 1 is 1.30 bits per heavy atom. The molecule has 0 bridgehead atoms. The van der Waals surface area contributed by atoms with Crippen LogP contribution in [0.3, 0.4) is 0 Å². The van der Waals surface area contributed by atoms with Gasteiger partial charge in [-0.25, -0.2) is 4.79 Å². The van der Waals surface area contributed by atoms with Crippen LogP contribution in [0.5, 0.6) is 0 Å². The number of imide groups is 1. The minimum absolute atomic E-state index is 0.0158. The smallest absolute Gasteiger partial charge is 0.319 e. The zero-order valence-corrected chi connectivity index (χ0v) is 13.1. The number of thioether (sulfide) groups is 1. The van der Waals surface area contributed by atoms with Gasteiger partial charge in [0.05, 0.1) is 6.04 Å². The molecule has 4 rings (SSSR count). The molecule has 2 atom stereocenters. The van der Waals surface area contributed by atoms with E-state index in [1.807, 2.05) is 18.2 Å². The van der Waals surface area contributed by atoms with Crippen LogP contribution in [-0.2, 0) is 15.1 Å². The van der Waals surface area contributed by atoms with Gasteiger partial charge in [0.1, 0.15) is 5.54 Å². The third-order valence-electron chi connectivity index (χ3n) is 4.59. The Bertz CT molecular complexity index is 704. The van der Waals surface area contributed by atoms with Crippen molar-refractivity contribution in [3.63, 3.8) is 0 Å². The van der Waals surface area contributed by atoms with Gasteiger partial charge in [0.15, 0.2) is 0 Å². The normalized spacial score (nSPS) is 29.4. The number of fused-ring (bicyclic) bond motifs is 2. The maximum atomic E-state index is 12.8. The molecule has 0 radical (unpaired) electrons. The van der Waals surface area contributed by atoms with Gasteiger partial charge in [0, 0.05) is 35.8 Å². The van der Waals surface area contributed by atoms with Crippen LogP contribution in [0.15, 0.2) is 24.3 Å². The van der Waals surface area contributed by atoms with Gasteiger partial charge in [-0.05, 0) is 6.07 Å². The maximum absolute atomic E-state index is 12.8. The molecule has 8 heteroatoms. The van der Waals surface area contributed by atoms with E-state index in [4.69, 9.17) is 0 Å². The van der Waals surface area contributed by atoms with E-state index in [1.54, 1.807) is 22.7 Å². The van der Waals surface area contributed by atoms with E-state index >= 15 is 0 Å². The maximum Gasteiger partial charge on any atom is 0.322 e. The van der Waals surface area contributed by atoms with Crippen molar-refractivity contribution in [1.82, 2.24) is 16.0 Å². The highest BCUT2D eigenvalue weighted by molar-refractivity contribution is 7.99. The molecule has 3 aliphatic rings. The first kappa shape index (κ1) is 14.5. The Kier molecular flexibility index (Phi) is 3.31. The van der Waals surface area contributed by atoms with Gasteiger partial charge < -0.3 is 10.2 Å². The fourth-order valence-electron chi connectivity index (χ4n) is 3.43. The topological polar surface area (TPSA) is 90.5 Å². The molecule has 120 valence electrons. The average Bonchev–Trinajstić information content (AvgIpc) is 3.17. The van der Waals surface area contributed by atoms with Crippen LogP contribution in [0.2, 0.25) is 0 Å². The molecular weight excluding hydrogens is 316 g/mol. The highest BCUT2D eigenvalue weighted by atomic mass is 32.2. The molecule has 1 aromatic carbocycles. The second kappa shape index (κ2) is 5.24. The Balaban J connectivity index is 1.74. The summed E-state index contributed by atoms with van der Waals surface area (Å²) < 4.78 is 0. The third-order valence-corrected chi connectivity index (χ3v) is 5.53. The van der Waals surface area contributed by atoms with Crippen molar-refractivity contribution < 1.29 is 14.4 Å². The zero-order chi connectivity index (χ0) is 16.0. The van der Waals surface area contributed by atoms with Crippen molar-refractivity contribution >= 4 is 35.3 Å². The van der Waals surface area contributed by atoms with Crippen LogP contribution in [-0.4, -0.2) is 42.1 Å². The van der Waals surface area contributed by atoms with E-state index in [2.05, 4.69) is 16.0 Å². The van der Waals surface area contributed by atoms with E-state index in [0.29, 0.717) is 24.2 Å². The lowest BCUT2D eigenvalue weighted by Gasteiger charge is -2.39. The molecule has 0 saturated carbocycles. The second-order valence-corrected chi connectivity index (χ2v) is 6.87. The summed E-state index contributed by atoms with van der Waals surface area (Å²) in [4.78, 5) is 38.5. The number of urea groups is 1. The van der Waals surface area contributed by atoms with Gasteiger partial charge in [0.2, 0.25) is 5.91 Å². The summed E-state index contributed by atoms with van der Waals surface area (Å²) in [6, 6.07) is 6.59. The summed E-state index contributed by atoms with van der Waals surface area (Å²) in [5.41, 5.74) is 0.302. The van der Waals surface area contributed by atoms with Gasteiger partial charge in [-0.1, -0.05) is 18.2 Å². The van der Waals surface area contributed by atoms with Crippen molar-refractivity contribution in [2.75, 3.05) is 23.1 Å². The summed E-state index contributed by atoms with van der Waals surface area (Å²) in [6.07, 6.45) is 0.368. The van der Waals surface area contributed by atoms with Crippen LogP contribution in [0, 0.1) is 0 Å². The number of benzene rings is 1. The zero-order valence-electron chi connectivity index (χ0n) is 12.3. The first-order chi connectivity index (χ1) is 11.1. The average molecular weight is 332 g/mol. The van der Waals surface area contributed by atoms with Crippen LogP contribution < -0.4 is 20.9 Å². The van der Waals surface area contributed by atoms with E-state index in [-0.39, 0.29) is 17.9 Å². The van der Waals surface area contributed by atoms with Crippen LogP contribution in [0.1, 0.15) is 12.0 Å². The lowest BCUT2D eigenvalue weighted by atomic mass is 9.82. The van der Waals surface area contributed by atoms with Crippen molar-refractivity contribution in [2.45, 2.75) is 18.0 Å². The molecule has 2 saturated heterocycles. The molecule has 3 aliphatic heterocycles. The van der Waals surface area contributed by atoms with Crippen molar-refractivity contribution in [3.8, 4) is 0 Å². The molecule has 1 spiro atoms. The summed E-state index contributed by atoms with van der Waals surface area (Å²) in [6.45, 7) is 0.395. The first-order valence-electron chi connectivity index (χ1n) is 7.47. The summed E-state index contributed by atoms with van der Waals surface area (Å²) in [5.74, 6) is 1.19. The number of para-hydroxylation sites is 1. The third kappa shape index (κ3) is 2.13. The molecule has 7 nitrogen and oxygen atoms in total. The van der Waals surface area contributed by atoms with Crippen LogP contribution in [0.25, 0.3) is 0 Å². The predicted molar refractivity (Wildman–Crippen MR) is 86.0 cm³/mol. The Labute approximate surface area is 137 Å². The molecule has 3 heterocycles. The summed E-state index contributed by atoms with van der Waals surface area (Å²) in [7, 11) is 0. The molecule has 0 aliphatic carbocycles. The number of hydrogen-bond acceptors (Lipinski definition) is 5. The van der Waals surface area contributed by atoms with E-state index in [0.717, 1.165) is 11.6 Å². The van der Waals surface area contributed by atoms with Crippen LogP contribution in [0.4, 0.5) is 10.5 Å². The fourth-order valence-corrected chi connectivity index (χ4v) is 4.37. The fraction of sp³-hybridized carbons (Fsp3) is 0.400. The number of anilines is 1. The monoisotopic (exact) mass is 332 g/mol. The predicted octanol–water partition coefficient (Wildman–Crippen LogP) is 0.120. The van der Waals surface area contributed by atoms with Gasteiger partial charge in [-0.2, -0.15) is 0 Å². The van der Waals surface area contributed by atoms with E-state index < -0.39 is 11.6 Å². The minimum Gasteiger partial charge on any atom is -0.319 e. The number of carbonyl (C=O) groups excluding carboxylic acids is 3.